The Labute approximate surface area is 325 Å². The molecule has 0 amide bonds. The number of benzene rings is 9. The largest absolute Gasteiger partial charge is 0.309 e. The van der Waals surface area contributed by atoms with Crippen molar-refractivity contribution in [3.63, 3.8) is 0 Å². The highest BCUT2D eigenvalue weighted by atomic mass is 15.0. The van der Waals surface area contributed by atoms with Crippen LogP contribution in [0.3, 0.4) is 0 Å². The summed E-state index contributed by atoms with van der Waals surface area (Å²) in [7, 11) is 0. The van der Waals surface area contributed by atoms with Gasteiger partial charge in [-0.3, -0.25) is 0 Å². The zero-order valence-electron chi connectivity index (χ0n) is 30.7. The number of rotatable bonds is 6. The van der Waals surface area contributed by atoms with Crippen LogP contribution in [0.5, 0.6) is 0 Å². The lowest BCUT2D eigenvalue weighted by Crippen LogP contribution is -1.94. The third-order valence-electron chi connectivity index (χ3n) is 11.3. The van der Waals surface area contributed by atoms with Crippen molar-refractivity contribution in [2.75, 3.05) is 0 Å². The molecule has 0 atom stereocenters. The molecule has 56 heavy (non-hydrogen) atoms. The zero-order valence-corrected chi connectivity index (χ0v) is 30.7. The van der Waals surface area contributed by atoms with E-state index in [-0.39, 0.29) is 0 Å². The quantitative estimate of drug-likeness (QED) is 0.162. The summed E-state index contributed by atoms with van der Waals surface area (Å²) in [6.07, 6.45) is 0. The van der Waals surface area contributed by atoms with Crippen LogP contribution in [-0.2, 0) is 0 Å². The molecular formula is C54H36N2. The van der Waals surface area contributed by atoms with E-state index in [1.807, 2.05) is 0 Å². The molecule has 0 fully saturated rings. The molecule has 11 aromatic rings. The predicted octanol–water partition coefficient (Wildman–Crippen LogP) is 14.5. The summed E-state index contributed by atoms with van der Waals surface area (Å²) >= 11 is 0. The third kappa shape index (κ3) is 5.34. The Hall–Kier alpha value is -7.42. The molecule has 0 bridgehead atoms. The van der Waals surface area contributed by atoms with Crippen LogP contribution in [0.4, 0.5) is 0 Å². The van der Waals surface area contributed by atoms with Gasteiger partial charge in [-0.25, -0.2) is 0 Å². The summed E-state index contributed by atoms with van der Waals surface area (Å²) in [5, 5.41) is 5.02. The molecule has 2 heteroatoms. The summed E-state index contributed by atoms with van der Waals surface area (Å²) in [5.74, 6) is 0. The molecule has 9 aromatic carbocycles. The Bertz CT molecular complexity index is 3200. The Morgan fingerprint density at radius 1 is 0.196 bits per heavy atom. The molecule has 2 nitrogen and oxygen atoms in total. The van der Waals surface area contributed by atoms with E-state index >= 15 is 0 Å². The van der Waals surface area contributed by atoms with Crippen molar-refractivity contribution in [2.24, 2.45) is 0 Å². The molecule has 0 saturated heterocycles. The maximum atomic E-state index is 2.40. The van der Waals surface area contributed by atoms with E-state index in [2.05, 4.69) is 228 Å². The van der Waals surface area contributed by atoms with Crippen molar-refractivity contribution in [1.29, 1.82) is 0 Å². The molecule has 2 heterocycles. The first-order chi connectivity index (χ1) is 27.8. The summed E-state index contributed by atoms with van der Waals surface area (Å²) in [6, 6.07) is 79.3. The monoisotopic (exact) mass is 712 g/mol. The van der Waals surface area contributed by atoms with Crippen LogP contribution in [0.25, 0.3) is 99.5 Å². The van der Waals surface area contributed by atoms with Crippen LogP contribution in [0.1, 0.15) is 0 Å². The van der Waals surface area contributed by atoms with Crippen LogP contribution in [0, 0.1) is 0 Å². The first-order valence-corrected chi connectivity index (χ1v) is 19.3. The third-order valence-corrected chi connectivity index (χ3v) is 11.3. The molecular weight excluding hydrogens is 677 g/mol. The normalized spacial score (nSPS) is 11.6. The lowest BCUT2D eigenvalue weighted by Gasteiger charge is -2.11. The van der Waals surface area contributed by atoms with Gasteiger partial charge in [0.2, 0.25) is 0 Å². The van der Waals surface area contributed by atoms with E-state index in [9.17, 15) is 0 Å². The maximum Gasteiger partial charge on any atom is 0.0541 e. The lowest BCUT2D eigenvalue weighted by molar-refractivity contribution is 1.18. The number of aromatic nitrogens is 2. The average molecular weight is 713 g/mol. The molecule has 0 aliphatic heterocycles. The molecule has 0 radical (unpaired) electrons. The molecule has 0 N–H and O–H groups in total. The zero-order chi connectivity index (χ0) is 37.0. The first-order valence-electron chi connectivity index (χ1n) is 19.3. The molecule has 11 rings (SSSR count). The molecule has 0 saturated carbocycles. The van der Waals surface area contributed by atoms with Gasteiger partial charge in [0, 0.05) is 32.9 Å². The SMILES string of the molecule is c1ccc(-c2ccc(-n3c4ccccc4c4cc(-c5ccc(-c6ccc7c(c6)c6ccccc6n7-c6cccc(-c7ccccc7)c6)cc5)ccc43)cc2)cc1. The van der Waals surface area contributed by atoms with Crippen LogP contribution < -0.4 is 0 Å². The fourth-order valence-corrected chi connectivity index (χ4v) is 8.61. The molecule has 0 aliphatic rings. The minimum absolute atomic E-state index is 1.16. The van der Waals surface area contributed by atoms with Crippen molar-refractivity contribution in [1.82, 2.24) is 9.13 Å². The summed E-state index contributed by atoms with van der Waals surface area (Å²) in [6.45, 7) is 0. The Balaban J connectivity index is 0.946. The second kappa shape index (κ2) is 13.2. The van der Waals surface area contributed by atoms with Crippen molar-refractivity contribution in [2.45, 2.75) is 0 Å². The summed E-state index contributed by atoms with van der Waals surface area (Å²) in [5.41, 5.74) is 16.9. The van der Waals surface area contributed by atoms with Gasteiger partial charge in [0.1, 0.15) is 0 Å². The molecule has 0 spiro atoms. The smallest absolute Gasteiger partial charge is 0.0541 e. The topological polar surface area (TPSA) is 9.86 Å². The van der Waals surface area contributed by atoms with Gasteiger partial charge in [-0.2, -0.15) is 0 Å². The van der Waals surface area contributed by atoms with Gasteiger partial charge in [0.25, 0.3) is 0 Å². The number of hydrogen-bond acceptors (Lipinski definition) is 0. The number of fused-ring (bicyclic) bond motifs is 6. The molecule has 0 aliphatic carbocycles. The fourth-order valence-electron chi connectivity index (χ4n) is 8.61. The fraction of sp³-hybridized carbons (Fsp3) is 0. The summed E-state index contributed by atoms with van der Waals surface area (Å²) in [4.78, 5) is 0. The first kappa shape index (κ1) is 32.0. The second-order valence-electron chi connectivity index (χ2n) is 14.6. The highest BCUT2D eigenvalue weighted by Gasteiger charge is 2.16. The van der Waals surface area contributed by atoms with Gasteiger partial charge in [-0.05, 0) is 105 Å². The summed E-state index contributed by atoms with van der Waals surface area (Å²) < 4.78 is 4.79. The van der Waals surface area contributed by atoms with Crippen molar-refractivity contribution >= 4 is 43.6 Å². The highest BCUT2D eigenvalue weighted by Crippen LogP contribution is 2.38. The van der Waals surface area contributed by atoms with E-state index in [0.717, 1.165) is 11.4 Å². The highest BCUT2D eigenvalue weighted by molar-refractivity contribution is 6.11. The molecule has 0 unspecified atom stereocenters. The van der Waals surface area contributed by atoms with Gasteiger partial charge in [-0.15, -0.1) is 0 Å². The number of hydrogen-bond donors (Lipinski definition) is 0. The van der Waals surface area contributed by atoms with Crippen LogP contribution in [0.15, 0.2) is 218 Å². The average Bonchev–Trinajstić information content (AvgIpc) is 3.79. The lowest BCUT2D eigenvalue weighted by atomic mass is 9.98. The van der Waals surface area contributed by atoms with Crippen LogP contribution in [0.2, 0.25) is 0 Å². The molecule has 262 valence electrons. The van der Waals surface area contributed by atoms with E-state index in [0.29, 0.717) is 0 Å². The number of nitrogens with zero attached hydrogens (tertiary/aromatic N) is 2. The number of para-hydroxylation sites is 2. The Kier molecular flexibility index (Phi) is 7.53. The van der Waals surface area contributed by atoms with Gasteiger partial charge in [0.15, 0.2) is 0 Å². The van der Waals surface area contributed by atoms with Gasteiger partial charge in [0.05, 0.1) is 22.1 Å². The standard InChI is InChI=1S/C54H36N2/c1-3-12-37(13-4-1)39-26-30-45(31-27-39)55-51-20-9-7-18-47(51)49-35-43(28-32-53(49)55)40-22-24-41(25-23-40)44-29-33-54-50(36-44)48-19-8-10-21-52(48)56(54)46-17-11-16-42(34-46)38-14-5-2-6-15-38/h1-36H. The van der Waals surface area contributed by atoms with Gasteiger partial charge < -0.3 is 9.13 Å². The van der Waals surface area contributed by atoms with Gasteiger partial charge in [-0.1, -0.05) is 158 Å². The maximum absolute atomic E-state index is 2.40. The van der Waals surface area contributed by atoms with Gasteiger partial charge >= 0.3 is 0 Å². The predicted molar refractivity (Wildman–Crippen MR) is 237 cm³/mol. The Morgan fingerprint density at radius 3 is 1.11 bits per heavy atom. The van der Waals surface area contributed by atoms with Crippen molar-refractivity contribution in [3.8, 4) is 55.9 Å². The van der Waals surface area contributed by atoms with Crippen LogP contribution >= 0.6 is 0 Å². The van der Waals surface area contributed by atoms with E-state index in [1.165, 1.54) is 88.1 Å². The van der Waals surface area contributed by atoms with Crippen molar-refractivity contribution in [3.05, 3.63) is 218 Å². The van der Waals surface area contributed by atoms with E-state index in [1.54, 1.807) is 0 Å². The second-order valence-corrected chi connectivity index (χ2v) is 14.6. The minimum atomic E-state index is 1.16. The molecule has 2 aromatic heterocycles. The van der Waals surface area contributed by atoms with Crippen molar-refractivity contribution < 1.29 is 0 Å². The van der Waals surface area contributed by atoms with Crippen LogP contribution in [-0.4, -0.2) is 9.13 Å². The van der Waals surface area contributed by atoms with E-state index in [4.69, 9.17) is 0 Å². The Morgan fingerprint density at radius 2 is 0.554 bits per heavy atom. The van der Waals surface area contributed by atoms with E-state index < -0.39 is 0 Å². The minimum Gasteiger partial charge on any atom is -0.309 e.